The van der Waals surface area contributed by atoms with Crippen molar-refractivity contribution in [3.63, 3.8) is 0 Å². The summed E-state index contributed by atoms with van der Waals surface area (Å²) in [5.41, 5.74) is 10.5. The summed E-state index contributed by atoms with van der Waals surface area (Å²) in [7, 11) is 0. The highest BCUT2D eigenvalue weighted by atomic mass is 16.5. The summed E-state index contributed by atoms with van der Waals surface area (Å²) in [4.78, 5) is 0. The summed E-state index contributed by atoms with van der Waals surface area (Å²) in [6.07, 6.45) is 1.79. The van der Waals surface area contributed by atoms with Crippen LogP contribution in [0.3, 0.4) is 0 Å². The maximum Gasteiger partial charge on any atom is 0.122 e. The first-order valence-corrected chi connectivity index (χ1v) is 7.30. The Morgan fingerprint density at radius 3 is 2.85 bits per heavy atom. The number of fused-ring (bicyclic) bond motifs is 1. The van der Waals surface area contributed by atoms with E-state index in [9.17, 15) is 0 Å². The van der Waals surface area contributed by atoms with Crippen molar-refractivity contribution in [1.82, 2.24) is 9.78 Å². The van der Waals surface area contributed by atoms with Gasteiger partial charge in [0.05, 0.1) is 30.2 Å². The molecule has 1 atom stereocenters. The second-order valence-electron chi connectivity index (χ2n) is 5.24. The smallest absolute Gasteiger partial charge is 0.122 e. The number of benzene rings is 1. The van der Waals surface area contributed by atoms with E-state index in [-0.39, 0.29) is 0 Å². The Balaban J connectivity index is 1.89. The van der Waals surface area contributed by atoms with Gasteiger partial charge in [0.25, 0.3) is 0 Å². The lowest BCUT2D eigenvalue weighted by molar-refractivity contribution is 0.313. The number of hydrogen-bond acceptors (Lipinski definition) is 3. The van der Waals surface area contributed by atoms with Gasteiger partial charge in [0.15, 0.2) is 0 Å². The van der Waals surface area contributed by atoms with E-state index in [0.717, 1.165) is 48.8 Å². The van der Waals surface area contributed by atoms with Gasteiger partial charge in [-0.3, -0.25) is 4.68 Å². The topological polar surface area (TPSA) is 53.1 Å². The van der Waals surface area contributed by atoms with Gasteiger partial charge in [-0.25, -0.2) is 0 Å². The predicted octanol–water partition coefficient (Wildman–Crippen LogP) is 2.77. The number of aryl methyl sites for hydroxylation is 1. The molecule has 1 aromatic heterocycles. The van der Waals surface area contributed by atoms with Crippen molar-refractivity contribution < 1.29 is 4.74 Å². The third-order valence-corrected chi connectivity index (χ3v) is 4.04. The number of hydrogen-bond donors (Lipinski definition) is 1. The van der Waals surface area contributed by atoms with E-state index in [1.807, 2.05) is 12.1 Å². The van der Waals surface area contributed by atoms with Gasteiger partial charge >= 0.3 is 0 Å². The number of nitrogens with two attached hydrogens (primary N) is 1. The largest absolute Gasteiger partial charge is 0.493 e. The average molecular weight is 271 g/mol. The number of nitrogens with zero attached hydrogens (tertiary/aromatic N) is 2. The minimum atomic E-state index is 0.362. The molecule has 20 heavy (non-hydrogen) atoms. The minimum absolute atomic E-state index is 0.362. The van der Waals surface area contributed by atoms with E-state index < -0.39 is 0 Å². The molecule has 0 amide bonds. The highest BCUT2D eigenvalue weighted by molar-refractivity contribution is 5.48. The van der Waals surface area contributed by atoms with Gasteiger partial charge in [-0.1, -0.05) is 32.0 Å². The highest BCUT2D eigenvalue weighted by Crippen LogP contribution is 2.35. The number of para-hydroxylation sites is 1. The van der Waals surface area contributed by atoms with Crippen LogP contribution in [-0.2, 0) is 19.4 Å². The first kappa shape index (κ1) is 13.0. The SMILES string of the molecule is CCc1nn(CC2COc3ccccc32)c(CC)c1N. The molecule has 0 aliphatic carbocycles. The zero-order chi connectivity index (χ0) is 14.1. The van der Waals surface area contributed by atoms with E-state index >= 15 is 0 Å². The fraction of sp³-hybridized carbons (Fsp3) is 0.438. The van der Waals surface area contributed by atoms with Gasteiger partial charge in [-0.15, -0.1) is 0 Å². The lowest BCUT2D eigenvalue weighted by Crippen LogP contribution is -2.14. The lowest BCUT2D eigenvalue weighted by atomic mass is 10.0. The van der Waals surface area contributed by atoms with Crippen molar-refractivity contribution in [2.45, 2.75) is 39.2 Å². The molecule has 3 rings (SSSR count). The van der Waals surface area contributed by atoms with Crippen molar-refractivity contribution in [1.29, 1.82) is 0 Å². The molecule has 2 N–H and O–H groups in total. The summed E-state index contributed by atoms with van der Waals surface area (Å²) < 4.78 is 7.82. The summed E-state index contributed by atoms with van der Waals surface area (Å²) >= 11 is 0. The minimum Gasteiger partial charge on any atom is -0.493 e. The molecule has 1 aliphatic heterocycles. The van der Waals surface area contributed by atoms with Gasteiger partial charge in [0, 0.05) is 11.5 Å². The van der Waals surface area contributed by atoms with Gasteiger partial charge in [0.1, 0.15) is 5.75 Å². The number of anilines is 1. The van der Waals surface area contributed by atoms with Gasteiger partial charge < -0.3 is 10.5 Å². The molecule has 0 radical (unpaired) electrons. The Bertz CT molecular complexity index is 618. The summed E-state index contributed by atoms with van der Waals surface area (Å²) in [5.74, 6) is 1.37. The van der Waals surface area contributed by atoms with E-state index in [1.54, 1.807) is 0 Å². The predicted molar refractivity (Wildman–Crippen MR) is 80.1 cm³/mol. The Morgan fingerprint density at radius 1 is 1.30 bits per heavy atom. The standard InChI is InChI=1S/C16H21N3O/c1-3-13-16(17)14(4-2)19(18-13)9-11-10-20-15-8-6-5-7-12(11)15/h5-8,11H,3-4,9-10,17H2,1-2H3. The molecule has 106 valence electrons. The molecule has 4 nitrogen and oxygen atoms in total. The van der Waals surface area contributed by atoms with Gasteiger partial charge in [0.2, 0.25) is 0 Å². The molecule has 1 aromatic carbocycles. The van der Waals surface area contributed by atoms with E-state index in [4.69, 9.17) is 10.5 Å². The highest BCUT2D eigenvalue weighted by Gasteiger charge is 2.25. The third-order valence-electron chi connectivity index (χ3n) is 4.04. The second-order valence-corrected chi connectivity index (χ2v) is 5.24. The summed E-state index contributed by atoms with van der Waals surface area (Å²) in [5, 5.41) is 4.67. The van der Waals surface area contributed by atoms with Crippen molar-refractivity contribution in [2.24, 2.45) is 0 Å². The van der Waals surface area contributed by atoms with Gasteiger partial charge in [-0.05, 0) is 18.9 Å². The molecule has 4 heteroatoms. The zero-order valence-electron chi connectivity index (χ0n) is 12.1. The monoisotopic (exact) mass is 271 g/mol. The lowest BCUT2D eigenvalue weighted by Gasteiger charge is -2.11. The maximum atomic E-state index is 6.18. The molecule has 1 aliphatic rings. The molecule has 0 bridgehead atoms. The van der Waals surface area contributed by atoms with Gasteiger partial charge in [-0.2, -0.15) is 5.10 Å². The number of rotatable bonds is 4. The summed E-state index contributed by atoms with van der Waals surface area (Å²) in [6, 6.07) is 8.26. The molecule has 2 aromatic rings. The Hall–Kier alpha value is -1.97. The third kappa shape index (κ3) is 2.05. The fourth-order valence-electron chi connectivity index (χ4n) is 2.94. The van der Waals surface area contributed by atoms with Crippen LogP contribution < -0.4 is 10.5 Å². The maximum absolute atomic E-state index is 6.18. The van der Waals surface area contributed by atoms with Crippen molar-refractivity contribution >= 4 is 5.69 Å². The molecule has 0 spiro atoms. The van der Waals surface area contributed by atoms with E-state index in [0.29, 0.717) is 5.92 Å². The van der Waals surface area contributed by atoms with Crippen molar-refractivity contribution in [3.05, 3.63) is 41.2 Å². The number of aromatic nitrogens is 2. The molecule has 0 saturated heterocycles. The molecular formula is C16H21N3O. The van der Waals surface area contributed by atoms with Crippen molar-refractivity contribution in [2.75, 3.05) is 12.3 Å². The molecular weight excluding hydrogens is 250 g/mol. The zero-order valence-corrected chi connectivity index (χ0v) is 12.1. The average Bonchev–Trinajstić information content (AvgIpc) is 3.01. The van der Waals surface area contributed by atoms with Crippen LogP contribution in [0.2, 0.25) is 0 Å². The molecule has 0 saturated carbocycles. The molecule has 2 heterocycles. The van der Waals surface area contributed by atoms with Crippen LogP contribution in [0.1, 0.15) is 36.7 Å². The Labute approximate surface area is 119 Å². The Kier molecular flexibility index (Phi) is 3.38. The Morgan fingerprint density at radius 2 is 2.10 bits per heavy atom. The van der Waals surface area contributed by atoms with Crippen molar-refractivity contribution in [3.8, 4) is 5.75 Å². The first-order valence-electron chi connectivity index (χ1n) is 7.30. The first-order chi connectivity index (χ1) is 9.74. The van der Waals surface area contributed by atoms with Crippen LogP contribution in [0.5, 0.6) is 5.75 Å². The summed E-state index contributed by atoms with van der Waals surface area (Å²) in [6.45, 7) is 5.78. The quantitative estimate of drug-likeness (QED) is 0.930. The van der Waals surface area contributed by atoms with Crippen LogP contribution in [0.15, 0.2) is 24.3 Å². The number of nitrogen functional groups attached to an aromatic ring is 1. The molecule has 0 fully saturated rings. The normalized spacial score (nSPS) is 17.0. The second kappa shape index (κ2) is 5.19. The fourth-order valence-corrected chi connectivity index (χ4v) is 2.94. The van der Waals surface area contributed by atoms with Crippen LogP contribution >= 0.6 is 0 Å². The van der Waals surface area contributed by atoms with Crippen LogP contribution in [0, 0.1) is 0 Å². The van der Waals surface area contributed by atoms with Crippen LogP contribution in [0.25, 0.3) is 0 Å². The van der Waals surface area contributed by atoms with E-state index in [1.165, 1.54) is 5.56 Å². The number of ether oxygens (including phenoxy) is 1. The van der Waals surface area contributed by atoms with E-state index in [2.05, 4.69) is 35.8 Å². The van der Waals surface area contributed by atoms with Crippen LogP contribution in [-0.4, -0.2) is 16.4 Å². The van der Waals surface area contributed by atoms with Crippen LogP contribution in [0.4, 0.5) is 5.69 Å². The molecule has 1 unspecified atom stereocenters.